The van der Waals surface area contributed by atoms with E-state index in [0.29, 0.717) is 22.8 Å². The van der Waals surface area contributed by atoms with E-state index in [4.69, 9.17) is 17.3 Å². The third-order valence-electron chi connectivity index (χ3n) is 2.82. The van der Waals surface area contributed by atoms with Gasteiger partial charge < -0.3 is 10.8 Å². The van der Waals surface area contributed by atoms with Gasteiger partial charge in [-0.25, -0.2) is 4.98 Å². The zero-order chi connectivity index (χ0) is 13.0. The van der Waals surface area contributed by atoms with Crippen LogP contribution in [-0.4, -0.2) is 10.1 Å². The van der Waals surface area contributed by atoms with Crippen molar-refractivity contribution in [2.75, 3.05) is 5.73 Å². The molecule has 1 unspecified atom stereocenters. The first-order valence-electron chi connectivity index (χ1n) is 5.79. The molecule has 0 aliphatic carbocycles. The standard InChI is InChI=1S/C14H15ClN2O/c15-11-8-12(14(16)17-9-11)13(18)7-6-10-4-2-1-3-5-10/h1-5,8-9,13,18H,6-7H2,(H2,16,17). The summed E-state index contributed by atoms with van der Waals surface area (Å²) in [7, 11) is 0. The van der Waals surface area contributed by atoms with Gasteiger partial charge in [0, 0.05) is 11.8 Å². The highest BCUT2D eigenvalue weighted by Crippen LogP contribution is 2.25. The van der Waals surface area contributed by atoms with E-state index in [2.05, 4.69) is 4.98 Å². The fourth-order valence-electron chi connectivity index (χ4n) is 1.84. The molecule has 0 amide bonds. The first-order chi connectivity index (χ1) is 8.66. The van der Waals surface area contributed by atoms with Crippen LogP contribution in [0.15, 0.2) is 42.6 Å². The van der Waals surface area contributed by atoms with Crippen LogP contribution >= 0.6 is 11.6 Å². The average molecular weight is 263 g/mol. The van der Waals surface area contributed by atoms with Gasteiger partial charge in [-0.15, -0.1) is 0 Å². The maximum absolute atomic E-state index is 10.1. The number of nitrogen functional groups attached to an aromatic ring is 1. The minimum atomic E-state index is -0.642. The molecule has 0 radical (unpaired) electrons. The van der Waals surface area contributed by atoms with E-state index >= 15 is 0 Å². The van der Waals surface area contributed by atoms with Gasteiger partial charge in [-0.2, -0.15) is 0 Å². The second-order valence-corrected chi connectivity index (χ2v) is 4.60. The SMILES string of the molecule is Nc1ncc(Cl)cc1C(O)CCc1ccccc1. The Morgan fingerprint density at radius 2 is 2.00 bits per heavy atom. The minimum absolute atomic E-state index is 0.333. The van der Waals surface area contributed by atoms with Crippen LogP contribution in [0.1, 0.15) is 23.7 Å². The molecule has 2 rings (SSSR count). The van der Waals surface area contributed by atoms with Gasteiger partial charge in [0.05, 0.1) is 11.1 Å². The Bertz CT molecular complexity index is 516. The third kappa shape index (κ3) is 3.22. The van der Waals surface area contributed by atoms with E-state index in [1.807, 2.05) is 30.3 Å². The molecule has 3 nitrogen and oxygen atoms in total. The van der Waals surface area contributed by atoms with Gasteiger partial charge in [-0.1, -0.05) is 41.9 Å². The summed E-state index contributed by atoms with van der Waals surface area (Å²) >= 11 is 5.85. The van der Waals surface area contributed by atoms with Crippen LogP contribution in [0.3, 0.4) is 0 Å². The molecule has 0 saturated carbocycles. The summed E-state index contributed by atoms with van der Waals surface area (Å²) in [5, 5.41) is 10.6. The number of hydrogen-bond donors (Lipinski definition) is 2. The van der Waals surface area contributed by atoms with Gasteiger partial charge in [0.25, 0.3) is 0 Å². The lowest BCUT2D eigenvalue weighted by Gasteiger charge is -2.13. The lowest BCUT2D eigenvalue weighted by molar-refractivity contribution is 0.168. The first kappa shape index (κ1) is 12.9. The Kier molecular flexibility index (Phi) is 4.18. The number of aliphatic hydroxyl groups excluding tert-OH is 1. The maximum atomic E-state index is 10.1. The van der Waals surface area contributed by atoms with Crippen LogP contribution < -0.4 is 5.73 Å². The molecular weight excluding hydrogens is 248 g/mol. The van der Waals surface area contributed by atoms with Crippen molar-refractivity contribution in [2.24, 2.45) is 0 Å². The quantitative estimate of drug-likeness (QED) is 0.891. The van der Waals surface area contributed by atoms with Gasteiger partial charge in [0.2, 0.25) is 0 Å². The Morgan fingerprint density at radius 3 is 2.72 bits per heavy atom. The number of anilines is 1. The monoisotopic (exact) mass is 262 g/mol. The summed E-state index contributed by atoms with van der Waals surface area (Å²) in [5.74, 6) is 0.333. The summed E-state index contributed by atoms with van der Waals surface area (Å²) in [5.41, 5.74) is 7.51. The number of pyridine rings is 1. The zero-order valence-corrected chi connectivity index (χ0v) is 10.6. The molecule has 0 aliphatic rings. The van der Waals surface area contributed by atoms with Crippen LogP contribution in [-0.2, 0) is 6.42 Å². The van der Waals surface area contributed by atoms with E-state index in [-0.39, 0.29) is 0 Å². The van der Waals surface area contributed by atoms with Crippen LogP contribution in [0.25, 0.3) is 0 Å². The molecule has 18 heavy (non-hydrogen) atoms. The fraction of sp³-hybridized carbons (Fsp3) is 0.214. The van der Waals surface area contributed by atoms with Crippen LogP contribution in [0.4, 0.5) is 5.82 Å². The maximum Gasteiger partial charge on any atom is 0.129 e. The normalized spacial score (nSPS) is 12.3. The van der Waals surface area contributed by atoms with Crippen molar-refractivity contribution < 1.29 is 5.11 Å². The zero-order valence-electron chi connectivity index (χ0n) is 9.88. The molecular formula is C14H15ClN2O. The molecule has 1 aromatic carbocycles. The summed E-state index contributed by atoms with van der Waals surface area (Å²) in [4.78, 5) is 3.94. The molecule has 1 atom stereocenters. The van der Waals surface area contributed by atoms with Crippen molar-refractivity contribution >= 4 is 17.4 Å². The van der Waals surface area contributed by atoms with Gasteiger partial charge in [-0.3, -0.25) is 0 Å². The smallest absolute Gasteiger partial charge is 0.129 e. The second kappa shape index (κ2) is 5.85. The Morgan fingerprint density at radius 1 is 1.28 bits per heavy atom. The van der Waals surface area contributed by atoms with Crippen LogP contribution in [0, 0.1) is 0 Å². The van der Waals surface area contributed by atoms with E-state index in [9.17, 15) is 5.11 Å². The largest absolute Gasteiger partial charge is 0.388 e. The number of aryl methyl sites for hydroxylation is 1. The summed E-state index contributed by atoms with van der Waals surface area (Å²) < 4.78 is 0. The number of aromatic nitrogens is 1. The van der Waals surface area contributed by atoms with Crippen molar-refractivity contribution in [1.29, 1.82) is 0 Å². The van der Waals surface area contributed by atoms with Crippen molar-refractivity contribution in [3.05, 3.63) is 58.7 Å². The molecule has 0 aliphatic heterocycles. The molecule has 2 aromatic rings. The van der Waals surface area contributed by atoms with Gasteiger partial charge >= 0.3 is 0 Å². The van der Waals surface area contributed by atoms with Gasteiger partial charge in [0.15, 0.2) is 0 Å². The molecule has 94 valence electrons. The van der Waals surface area contributed by atoms with E-state index in [0.717, 1.165) is 6.42 Å². The highest BCUT2D eigenvalue weighted by Gasteiger charge is 2.12. The molecule has 0 fully saturated rings. The van der Waals surface area contributed by atoms with Crippen LogP contribution in [0.5, 0.6) is 0 Å². The highest BCUT2D eigenvalue weighted by molar-refractivity contribution is 6.30. The number of halogens is 1. The summed E-state index contributed by atoms with van der Waals surface area (Å²) in [6.45, 7) is 0. The van der Waals surface area contributed by atoms with Crippen molar-refractivity contribution in [2.45, 2.75) is 18.9 Å². The fourth-order valence-corrected chi connectivity index (χ4v) is 2.00. The molecule has 0 saturated heterocycles. The Labute approximate surface area is 111 Å². The van der Waals surface area contributed by atoms with Crippen LogP contribution in [0.2, 0.25) is 5.02 Å². The number of nitrogens with two attached hydrogens (primary N) is 1. The lowest BCUT2D eigenvalue weighted by Crippen LogP contribution is -2.05. The van der Waals surface area contributed by atoms with Crippen molar-refractivity contribution in [3.8, 4) is 0 Å². The lowest BCUT2D eigenvalue weighted by atomic mass is 10.0. The molecule has 4 heteroatoms. The second-order valence-electron chi connectivity index (χ2n) is 4.17. The first-order valence-corrected chi connectivity index (χ1v) is 6.17. The number of benzene rings is 1. The Balaban J connectivity index is 2.03. The molecule has 0 spiro atoms. The molecule has 1 heterocycles. The van der Waals surface area contributed by atoms with E-state index in [1.54, 1.807) is 6.07 Å². The topological polar surface area (TPSA) is 59.1 Å². The Hall–Kier alpha value is -1.58. The predicted octanol–water partition coefficient (Wildman–Crippen LogP) is 2.98. The minimum Gasteiger partial charge on any atom is -0.388 e. The highest BCUT2D eigenvalue weighted by atomic mass is 35.5. The van der Waals surface area contributed by atoms with E-state index in [1.165, 1.54) is 11.8 Å². The summed E-state index contributed by atoms with van der Waals surface area (Å²) in [6.07, 6.45) is 2.21. The summed E-state index contributed by atoms with van der Waals surface area (Å²) in [6, 6.07) is 11.7. The van der Waals surface area contributed by atoms with E-state index < -0.39 is 6.10 Å². The predicted molar refractivity (Wildman–Crippen MR) is 73.4 cm³/mol. The van der Waals surface area contributed by atoms with Crippen molar-refractivity contribution in [1.82, 2.24) is 4.98 Å². The average Bonchev–Trinajstić information content (AvgIpc) is 2.40. The molecule has 1 aromatic heterocycles. The van der Waals surface area contributed by atoms with Gasteiger partial charge in [0.1, 0.15) is 5.82 Å². The van der Waals surface area contributed by atoms with Crippen molar-refractivity contribution in [3.63, 3.8) is 0 Å². The third-order valence-corrected chi connectivity index (χ3v) is 3.03. The number of aliphatic hydroxyl groups is 1. The van der Waals surface area contributed by atoms with Gasteiger partial charge in [-0.05, 0) is 24.5 Å². The molecule has 0 bridgehead atoms. The number of rotatable bonds is 4. The molecule has 3 N–H and O–H groups in total. The number of hydrogen-bond acceptors (Lipinski definition) is 3. The number of nitrogens with zero attached hydrogens (tertiary/aromatic N) is 1.